The summed E-state index contributed by atoms with van der Waals surface area (Å²) in [6, 6.07) is 16.6. The number of ketones is 1. The van der Waals surface area contributed by atoms with Gasteiger partial charge < -0.3 is 4.40 Å². The van der Waals surface area contributed by atoms with Crippen LogP contribution in [0.15, 0.2) is 59.8 Å². The van der Waals surface area contributed by atoms with E-state index in [0.29, 0.717) is 6.42 Å². The maximum Gasteiger partial charge on any atom is 0.167 e. The maximum absolute atomic E-state index is 12.5. The van der Waals surface area contributed by atoms with Gasteiger partial charge in [-0.25, -0.2) is 0 Å². The lowest BCUT2D eigenvalue weighted by molar-refractivity contribution is 0.0976. The molecule has 2 nitrogen and oxygen atoms in total. The Kier molecular flexibility index (Phi) is 2.89. The van der Waals surface area contributed by atoms with Gasteiger partial charge >= 0.3 is 0 Å². The van der Waals surface area contributed by atoms with Crippen LogP contribution in [0.2, 0.25) is 0 Å². The normalized spacial score (nSPS) is 18.0. The lowest BCUT2D eigenvalue weighted by Crippen LogP contribution is -2.11. The second-order valence-corrected chi connectivity index (χ2v) is 6.69. The first-order valence-electron chi connectivity index (χ1n) is 7.09. The molecule has 0 radical (unpaired) electrons. The zero-order chi connectivity index (χ0) is 14.4. The Morgan fingerprint density at radius 2 is 1.95 bits per heavy atom. The molecule has 1 unspecified atom stereocenters. The monoisotopic (exact) mass is 293 g/mol. The zero-order valence-corrected chi connectivity index (χ0v) is 12.6. The van der Waals surface area contributed by atoms with Crippen molar-refractivity contribution in [3.63, 3.8) is 0 Å². The molecule has 0 saturated heterocycles. The van der Waals surface area contributed by atoms with Gasteiger partial charge in [0.05, 0.1) is 10.6 Å². The molecule has 104 valence electrons. The van der Waals surface area contributed by atoms with Crippen LogP contribution in [0.4, 0.5) is 0 Å². The fourth-order valence-corrected chi connectivity index (χ4v) is 4.22. The molecule has 1 aliphatic rings. The number of pyridine rings is 1. The molecule has 3 heterocycles. The van der Waals surface area contributed by atoms with Gasteiger partial charge in [0.15, 0.2) is 5.78 Å². The lowest BCUT2D eigenvalue weighted by Gasteiger charge is -2.21. The Hall–Kier alpha value is -2.00. The third-order valence-corrected chi connectivity index (χ3v) is 5.37. The Morgan fingerprint density at radius 3 is 2.76 bits per heavy atom. The summed E-state index contributed by atoms with van der Waals surface area (Å²) in [6.45, 7) is 2.08. The molecule has 3 heteroatoms. The summed E-state index contributed by atoms with van der Waals surface area (Å²) < 4.78 is 2.12. The van der Waals surface area contributed by atoms with Crippen LogP contribution in [0.25, 0.3) is 5.52 Å². The first kappa shape index (κ1) is 12.7. The third kappa shape index (κ3) is 2.09. The van der Waals surface area contributed by atoms with Crippen LogP contribution < -0.4 is 0 Å². The first-order chi connectivity index (χ1) is 10.2. The highest BCUT2D eigenvalue weighted by Crippen LogP contribution is 2.45. The van der Waals surface area contributed by atoms with Gasteiger partial charge in [0.2, 0.25) is 0 Å². The van der Waals surface area contributed by atoms with E-state index in [4.69, 9.17) is 0 Å². The van der Waals surface area contributed by atoms with E-state index < -0.39 is 0 Å². The third-order valence-electron chi connectivity index (χ3n) is 4.01. The van der Waals surface area contributed by atoms with E-state index in [9.17, 15) is 4.79 Å². The van der Waals surface area contributed by atoms with Crippen LogP contribution in [0.1, 0.15) is 33.2 Å². The van der Waals surface area contributed by atoms with E-state index in [1.807, 2.05) is 30.5 Å². The summed E-state index contributed by atoms with van der Waals surface area (Å²) in [6.07, 6.45) is 2.61. The number of carbonyl (C=O) groups excluding carboxylic acids is 1. The Morgan fingerprint density at radius 1 is 1.14 bits per heavy atom. The molecule has 3 aromatic rings. The van der Waals surface area contributed by atoms with Crippen molar-refractivity contribution < 1.29 is 4.79 Å². The average molecular weight is 293 g/mol. The number of thioether (sulfide) groups is 1. The minimum atomic E-state index is 0.212. The van der Waals surface area contributed by atoms with E-state index in [1.54, 1.807) is 11.8 Å². The fourth-order valence-electron chi connectivity index (χ4n) is 2.84. The Balaban J connectivity index is 1.80. The number of nitrogens with zero attached hydrogens (tertiary/aromatic N) is 1. The van der Waals surface area contributed by atoms with Crippen molar-refractivity contribution in [2.45, 2.75) is 23.6 Å². The summed E-state index contributed by atoms with van der Waals surface area (Å²) in [5, 5.41) is 1.29. The fraction of sp³-hybridized carbons (Fsp3) is 0.167. The molecule has 0 saturated carbocycles. The smallest absolute Gasteiger partial charge is 0.167 e. The molecule has 4 rings (SSSR count). The minimum Gasteiger partial charge on any atom is -0.311 e. The molecular formula is C18H15NOS. The highest BCUT2D eigenvalue weighted by Gasteiger charge is 2.29. The molecular weight excluding hydrogens is 278 g/mol. The molecule has 2 aromatic heterocycles. The number of aryl methyl sites for hydroxylation is 1. The van der Waals surface area contributed by atoms with Crippen molar-refractivity contribution in [3.05, 3.63) is 71.4 Å². The van der Waals surface area contributed by atoms with E-state index in [-0.39, 0.29) is 11.0 Å². The first-order valence-corrected chi connectivity index (χ1v) is 7.97. The maximum atomic E-state index is 12.5. The predicted molar refractivity (Wildman–Crippen MR) is 86.1 cm³/mol. The van der Waals surface area contributed by atoms with Gasteiger partial charge in [0.25, 0.3) is 0 Å². The van der Waals surface area contributed by atoms with Crippen molar-refractivity contribution in [3.8, 4) is 0 Å². The summed E-state index contributed by atoms with van der Waals surface area (Å²) in [5.41, 5.74) is 4.44. The summed E-state index contributed by atoms with van der Waals surface area (Å²) >= 11 is 1.80. The van der Waals surface area contributed by atoms with Crippen LogP contribution in [0.5, 0.6) is 0 Å². The van der Waals surface area contributed by atoms with Crippen molar-refractivity contribution >= 4 is 23.1 Å². The molecule has 1 aromatic carbocycles. The number of hydrogen-bond donors (Lipinski definition) is 0. The van der Waals surface area contributed by atoms with E-state index >= 15 is 0 Å². The van der Waals surface area contributed by atoms with Crippen LogP contribution in [-0.2, 0) is 0 Å². The average Bonchev–Trinajstić information content (AvgIpc) is 2.87. The van der Waals surface area contributed by atoms with Crippen molar-refractivity contribution in [1.82, 2.24) is 4.40 Å². The van der Waals surface area contributed by atoms with Crippen LogP contribution in [-0.4, -0.2) is 10.2 Å². The number of fused-ring (bicyclic) bond motifs is 3. The number of aromatic nitrogens is 1. The quantitative estimate of drug-likeness (QED) is 0.650. The number of carbonyl (C=O) groups is 1. The summed E-state index contributed by atoms with van der Waals surface area (Å²) in [5.74, 6) is 0.248. The Bertz CT molecular complexity index is 832. The highest BCUT2D eigenvalue weighted by molar-refractivity contribution is 7.99. The second-order valence-electron chi connectivity index (χ2n) is 5.50. The molecule has 0 N–H and O–H groups in total. The molecule has 0 aliphatic carbocycles. The molecule has 0 fully saturated rings. The largest absolute Gasteiger partial charge is 0.311 e. The number of rotatable bonds is 1. The van der Waals surface area contributed by atoms with Gasteiger partial charge in [-0.1, -0.05) is 47.7 Å². The molecule has 0 bridgehead atoms. The lowest BCUT2D eigenvalue weighted by atomic mass is 10.0. The number of benzene rings is 1. The van der Waals surface area contributed by atoms with Gasteiger partial charge in [-0.3, -0.25) is 4.79 Å². The molecule has 1 atom stereocenters. The minimum absolute atomic E-state index is 0.212. The summed E-state index contributed by atoms with van der Waals surface area (Å²) in [7, 11) is 0. The van der Waals surface area contributed by atoms with Crippen molar-refractivity contribution in [2.75, 3.05) is 0 Å². The predicted octanol–water partition coefficient (Wildman–Crippen LogP) is 4.67. The number of hydrogen-bond acceptors (Lipinski definition) is 2. The Labute approximate surface area is 127 Å². The van der Waals surface area contributed by atoms with Crippen LogP contribution in [0, 0.1) is 6.92 Å². The summed E-state index contributed by atoms with van der Waals surface area (Å²) in [4.78, 5) is 12.5. The van der Waals surface area contributed by atoms with Gasteiger partial charge in [0, 0.05) is 23.4 Å². The molecule has 21 heavy (non-hydrogen) atoms. The van der Waals surface area contributed by atoms with Gasteiger partial charge in [-0.15, -0.1) is 0 Å². The standard InChI is InChI=1S/C18H15NOS/c1-12-5-7-13(8-6-12)17-11-16(20)15-10-14-4-2-3-9-19(14)18(15)21-17/h2-10,17H,11H2,1H3. The van der Waals surface area contributed by atoms with Crippen molar-refractivity contribution in [1.29, 1.82) is 0 Å². The topological polar surface area (TPSA) is 21.5 Å². The molecule has 0 spiro atoms. The van der Waals surface area contributed by atoms with Crippen LogP contribution >= 0.6 is 11.8 Å². The van der Waals surface area contributed by atoms with Gasteiger partial charge in [-0.05, 0) is 30.7 Å². The zero-order valence-electron chi connectivity index (χ0n) is 11.7. The second kappa shape index (κ2) is 4.78. The van der Waals surface area contributed by atoms with E-state index in [2.05, 4.69) is 35.6 Å². The number of Topliss-reactive ketones (excluding diaryl/α,β-unsaturated/α-hetero) is 1. The van der Waals surface area contributed by atoms with Crippen LogP contribution in [0.3, 0.4) is 0 Å². The van der Waals surface area contributed by atoms with E-state index in [0.717, 1.165) is 16.1 Å². The molecule has 0 amide bonds. The highest BCUT2D eigenvalue weighted by atomic mass is 32.2. The SMILES string of the molecule is Cc1ccc(C2CC(=O)c3cc4ccccn4c3S2)cc1. The van der Waals surface area contributed by atoms with Crippen molar-refractivity contribution in [2.24, 2.45) is 0 Å². The van der Waals surface area contributed by atoms with Gasteiger partial charge in [-0.2, -0.15) is 0 Å². The van der Waals surface area contributed by atoms with Gasteiger partial charge in [0.1, 0.15) is 0 Å². The molecule has 1 aliphatic heterocycles. The van der Waals surface area contributed by atoms with E-state index in [1.165, 1.54) is 11.1 Å².